The van der Waals surface area contributed by atoms with E-state index in [2.05, 4.69) is 33.1 Å². The molecule has 2 aliphatic carbocycles. The molecular weight excluding hydrogens is 250 g/mol. The van der Waals surface area contributed by atoms with E-state index >= 15 is 0 Å². The van der Waals surface area contributed by atoms with Gasteiger partial charge in [0.2, 0.25) is 0 Å². The molecule has 0 bridgehead atoms. The summed E-state index contributed by atoms with van der Waals surface area (Å²) in [6, 6.07) is 2.15. The van der Waals surface area contributed by atoms with Crippen LogP contribution in [0.4, 0.5) is 0 Å². The monoisotopic (exact) mass is 263 g/mol. The third kappa shape index (κ3) is 1.76. The van der Waals surface area contributed by atoms with Gasteiger partial charge in [-0.15, -0.1) is 0 Å². The summed E-state index contributed by atoms with van der Waals surface area (Å²) in [5.41, 5.74) is 4.37. The van der Waals surface area contributed by atoms with E-state index in [1.807, 2.05) is 6.20 Å². The van der Waals surface area contributed by atoms with Gasteiger partial charge in [-0.25, -0.2) is 4.98 Å². The normalized spacial score (nSPS) is 19.7. The lowest BCUT2D eigenvalue weighted by molar-refractivity contribution is 0.323. The molecular formula is C13H14BrN. The van der Waals surface area contributed by atoms with Gasteiger partial charge in [0.1, 0.15) is 4.60 Å². The van der Waals surface area contributed by atoms with Gasteiger partial charge in [-0.3, -0.25) is 0 Å². The topological polar surface area (TPSA) is 12.9 Å². The number of allylic oxidation sites excluding steroid dienone is 2. The molecule has 0 saturated heterocycles. The predicted molar refractivity (Wildman–Crippen MR) is 65.6 cm³/mol. The van der Waals surface area contributed by atoms with Gasteiger partial charge in [-0.1, -0.05) is 25.3 Å². The fourth-order valence-electron chi connectivity index (χ4n) is 2.47. The lowest BCUT2D eigenvalue weighted by Crippen LogP contribution is -2.10. The predicted octanol–water partition coefficient (Wildman–Crippen LogP) is 3.97. The van der Waals surface area contributed by atoms with Crippen molar-refractivity contribution in [3.05, 3.63) is 34.1 Å². The maximum Gasteiger partial charge on any atom is 0.106 e. The molecule has 3 rings (SSSR count). The van der Waals surface area contributed by atoms with Crippen molar-refractivity contribution in [3.8, 4) is 0 Å². The Balaban J connectivity index is 1.83. The maximum atomic E-state index is 4.33. The molecule has 2 heteroatoms. The summed E-state index contributed by atoms with van der Waals surface area (Å²) in [4.78, 5) is 4.33. The van der Waals surface area contributed by atoms with Crippen LogP contribution in [0.1, 0.15) is 36.8 Å². The van der Waals surface area contributed by atoms with Crippen molar-refractivity contribution in [2.45, 2.75) is 32.1 Å². The Morgan fingerprint density at radius 1 is 1.40 bits per heavy atom. The molecule has 1 saturated carbocycles. The SMILES string of the molecule is Brc1cc2c(cn1)C(CC1CCC1)=CC2. The summed E-state index contributed by atoms with van der Waals surface area (Å²) < 4.78 is 0.958. The molecule has 0 aromatic carbocycles. The van der Waals surface area contributed by atoms with Crippen molar-refractivity contribution >= 4 is 21.5 Å². The first-order valence-electron chi connectivity index (χ1n) is 5.67. The maximum absolute atomic E-state index is 4.33. The van der Waals surface area contributed by atoms with E-state index in [1.165, 1.54) is 42.4 Å². The molecule has 1 nitrogen and oxygen atoms in total. The molecule has 0 aliphatic heterocycles. The molecule has 0 atom stereocenters. The Bertz CT molecular complexity index is 419. The molecule has 1 heterocycles. The highest BCUT2D eigenvalue weighted by Crippen LogP contribution is 2.38. The summed E-state index contributed by atoms with van der Waals surface area (Å²) in [7, 11) is 0. The van der Waals surface area contributed by atoms with Crippen LogP contribution in [0.15, 0.2) is 22.9 Å². The second-order valence-corrected chi connectivity index (χ2v) is 5.41. The molecule has 1 aromatic heterocycles. The highest BCUT2D eigenvalue weighted by molar-refractivity contribution is 9.10. The van der Waals surface area contributed by atoms with E-state index in [1.54, 1.807) is 0 Å². The van der Waals surface area contributed by atoms with Crippen molar-refractivity contribution in [2.75, 3.05) is 0 Å². The van der Waals surface area contributed by atoms with E-state index in [4.69, 9.17) is 0 Å². The third-order valence-electron chi connectivity index (χ3n) is 3.60. The van der Waals surface area contributed by atoms with Crippen molar-refractivity contribution in [1.29, 1.82) is 0 Å². The number of rotatable bonds is 2. The van der Waals surface area contributed by atoms with E-state index in [-0.39, 0.29) is 0 Å². The van der Waals surface area contributed by atoms with E-state index in [0.29, 0.717) is 0 Å². The summed E-state index contributed by atoms with van der Waals surface area (Å²) in [5, 5.41) is 0. The smallest absolute Gasteiger partial charge is 0.106 e. The second-order valence-electron chi connectivity index (χ2n) is 4.60. The number of fused-ring (bicyclic) bond motifs is 1. The fraction of sp³-hybridized carbons (Fsp3) is 0.462. The van der Waals surface area contributed by atoms with Crippen molar-refractivity contribution in [2.24, 2.45) is 5.92 Å². The van der Waals surface area contributed by atoms with Crippen LogP contribution in [0.3, 0.4) is 0 Å². The van der Waals surface area contributed by atoms with E-state index < -0.39 is 0 Å². The molecule has 78 valence electrons. The molecule has 0 radical (unpaired) electrons. The first-order valence-corrected chi connectivity index (χ1v) is 6.46. The largest absolute Gasteiger partial charge is 0.249 e. The Morgan fingerprint density at radius 3 is 3.00 bits per heavy atom. The van der Waals surface area contributed by atoms with Gasteiger partial charge in [0.05, 0.1) is 0 Å². The Labute approximate surface area is 98.7 Å². The van der Waals surface area contributed by atoms with Gasteiger partial charge >= 0.3 is 0 Å². The zero-order valence-electron chi connectivity index (χ0n) is 8.67. The Hall–Kier alpha value is -0.630. The summed E-state index contributed by atoms with van der Waals surface area (Å²) in [6.07, 6.45) is 11.1. The van der Waals surface area contributed by atoms with Gasteiger partial charge in [0, 0.05) is 6.20 Å². The van der Waals surface area contributed by atoms with Crippen molar-refractivity contribution in [1.82, 2.24) is 4.98 Å². The van der Waals surface area contributed by atoms with Crippen LogP contribution in [-0.2, 0) is 6.42 Å². The van der Waals surface area contributed by atoms with Crippen molar-refractivity contribution in [3.63, 3.8) is 0 Å². The summed E-state index contributed by atoms with van der Waals surface area (Å²) in [5.74, 6) is 0.950. The van der Waals surface area contributed by atoms with Gasteiger partial charge < -0.3 is 0 Å². The molecule has 0 spiro atoms. The van der Waals surface area contributed by atoms with Crippen molar-refractivity contribution < 1.29 is 0 Å². The molecule has 2 aliphatic rings. The highest BCUT2D eigenvalue weighted by atomic mass is 79.9. The number of hydrogen-bond donors (Lipinski definition) is 0. The second kappa shape index (κ2) is 3.75. The minimum atomic E-state index is 0.950. The first-order chi connectivity index (χ1) is 7.33. The van der Waals surface area contributed by atoms with Crippen LogP contribution in [-0.4, -0.2) is 4.98 Å². The lowest BCUT2D eigenvalue weighted by atomic mass is 9.80. The first kappa shape index (κ1) is 9.59. The fourth-order valence-corrected chi connectivity index (χ4v) is 2.85. The van der Waals surface area contributed by atoms with E-state index in [0.717, 1.165) is 16.9 Å². The molecule has 15 heavy (non-hydrogen) atoms. The Kier molecular flexibility index (Phi) is 2.39. The van der Waals surface area contributed by atoms with Crippen LogP contribution >= 0.6 is 15.9 Å². The van der Waals surface area contributed by atoms with Crippen LogP contribution in [0.5, 0.6) is 0 Å². The minimum absolute atomic E-state index is 0.950. The number of aromatic nitrogens is 1. The molecule has 0 amide bonds. The quantitative estimate of drug-likeness (QED) is 0.736. The number of halogens is 1. The number of pyridine rings is 1. The Morgan fingerprint density at radius 2 is 2.27 bits per heavy atom. The van der Waals surface area contributed by atoms with Crippen LogP contribution < -0.4 is 0 Å². The summed E-state index contributed by atoms with van der Waals surface area (Å²) in [6.45, 7) is 0. The number of hydrogen-bond acceptors (Lipinski definition) is 1. The average Bonchev–Trinajstić information content (AvgIpc) is 2.54. The summed E-state index contributed by atoms with van der Waals surface area (Å²) >= 11 is 3.43. The van der Waals surface area contributed by atoms with Gasteiger partial charge in [0.25, 0.3) is 0 Å². The number of nitrogens with zero attached hydrogens (tertiary/aromatic N) is 1. The van der Waals surface area contributed by atoms with Gasteiger partial charge in [0.15, 0.2) is 0 Å². The highest BCUT2D eigenvalue weighted by Gasteiger charge is 2.22. The van der Waals surface area contributed by atoms with Gasteiger partial charge in [-0.2, -0.15) is 0 Å². The zero-order chi connectivity index (χ0) is 10.3. The van der Waals surface area contributed by atoms with Crippen LogP contribution in [0.2, 0.25) is 0 Å². The molecule has 1 fully saturated rings. The third-order valence-corrected chi connectivity index (χ3v) is 4.04. The standard InChI is InChI=1S/C13H14BrN/c14-13-7-11-5-4-10(12(11)8-15-13)6-9-2-1-3-9/h4,7-9H,1-3,5-6H2. The lowest BCUT2D eigenvalue weighted by Gasteiger charge is -2.25. The van der Waals surface area contributed by atoms with Gasteiger partial charge in [-0.05, 0) is 57.5 Å². The van der Waals surface area contributed by atoms with E-state index in [9.17, 15) is 0 Å². The minimum Gasteiger partial charge on any atom is -0.249 e. The average molecular weight is 264 g/mol. The zero-order valence-corrected chi connectivity index (χ0v) is 10.3. The molecule has 0 unspecified atom stereocenters. The van der Waals surface area contributed by atoms with Crippen LogP contribution in [0, 0.1) is 5.92 Å². The van der Waals surface area contributed by atoms with Crippen LogP contribution in [0.25, 0.3) is 5.57 Å². The molecule has 0 N–H and O–H groups in total. The molecule has 1 aromatic rings.